The second kappa shape index (κ2) is 5.98. The van der Waals surface area contributed by atoms with E-state index in [-0.39, 0.29) is 17.2 Å². The zero-order valence-electron chi connectivity index (χ0n) is 15.3. The number of rotatable bonds is 2. The van der Waals surface area contributed by atoms with Crippen LogP contribution in [0.5, 0.6) is 0 Å². The fourth-order valence-corrected chi connectivity index (χ4v) is 4.50. The smallest absolute Gasteiger partial charge is 0.226 e. The molecule has 2 aromatic rings. The Kier molecular flexibility index (Phi) is 3.99. The summed E-state index contributed by atoms with van der Waals surface area (Å²) < 4.78 is 1.06. The number of carbonyl (C=O) groups is 1. The van der Waals surface area contributed by atoms with E-state index < -0.39 is 5.66 Å². The SMILES string of the molecule is CC1CN2c3ccccc3C(C)(C)C2(/C=C/c2ccc(Br)cc2)NC1=O. The molecule has 0 aromatic heterocycles. The molecule has 26 heavy (non-hydrogen) atoms. The van der Waals surface area contributed by atoms with E-state index in [2.05, 4.69) is 88.5 Å². The van der Waals surface area contributed by atoms with Crippen LogP contribution >= 0.6 is 15.9 Å². The molecule has 2 atom stereocenters. The predicted octanol–water partition coefficient (Wildman–Crippen LogP) is 4.72. The lowest BCUT2D eigenvalue weighted by molar-refractivity contribution is -0.128. The molecule has 2 unspecified atom stereocenters. The number of carbonyl (C=O) groups excluding carboxylic acids is 1. The van der Waals surface area contributed by atoms with Crippen molar-refractivity contribution in [2.24, 2.45) is 5.92 Å². The molecule has 2 heterocycles. The predicted molar refractivity (Wildman–Crippen MR) is 110 cm³/mol. The Bertz CT molecular complexity index is 887. The summed E-state index contributed by atoms with van der Waals surface area (Å²) in [6.07, 6.45) is 4.28. The molecule has 0 aliphatic carbocycles. The van der Waals surface area contributed by atoms with Crippen LogP contribution in [0.15, 0.2) is 59.1 Å². The van der Waals surface area contributed by atoms with Crippen LogP contribution in [0.4, 0.5) is 5.69 Å². The number of hydrogen-bond acceptors (Lipinski definition) is 2. The summed E-state index contributed by atoms with van der Waals surface area (Å²) in [6.45, 7) is 7.14. The van der Waals surface area contributed by atoms with Crippen LogP contribution < -0.4 is 10.2 Å². The summed E-state index contributed by atoms with van der Waals surface area (Å²) in [5.41, 5.74) is 2.79. The molecule has 2 aliphatic heterocycles. The molecule has 1 amide bonds. The van der Waals surface area contributed by atoms with Crippen LogP contribution in [-0.2, 0) is 10.2 Å². The van der Waals surface area contributed by atoms with Gasteiger partial charge in [0, 0.05) is 22.1 Å². The quantitative estimate of drug-likeness (QED) is 0.776. The van der Waals surface area contributed by atoms with Crippen molar-refractivity contribution in [3.05, 3.63) is 70.2 Å². The maximum Gasteiger partial charge on any atom is 0.226 e. The molecule has 0 radical (unpaired) electrons. The van der Waals surface area contributed by atoms with Gasteiger partial charge in [-0.1, -0.05) is 73.1 Å². The Morgan fingerprint density at radius 1 is 1.15 bits per heavy atom. The highest BCUT2D eigenvalue weighted by molar-refractivity contribution is 9.10. The van der Waals surface area contributed by atoms with Gasteiger partial charge in [0.15, 0.2) is 0 Å². The standard InChI is InChI=1S/C22H23BrN2O/c1-15-14-25-19-7-5-4-6-18(19)21(2,3)22(25,24-20(15)26)13-12-16-8-10-17(23)11-9-16/h4-13,15H,14H2,1-3H3,(H,24,26)/b13-12+. The minimum absolute atomic E-state index is 0.0360. The van der Waals surface area contributed by atoms with Gasteiger partial charge in [-0.3, -0.25) is 4.79 Å². The molecule has 1 fully saturated rings. The first-order chi connectivity index (χ1) is 12.3. The molecule has 0 saturated carbocycles. The maximum atomic E-state index is 12.7. The van der Waals surface area contributed by atoms with Crippen LogP contribution in [0.1, 0.15) is 31.9 Å². The maximum absolute atomic E-state index is 12.7. The van der Waals surface area contributed by atoms with E-state index in [1.54, 1.807) is 0 Å². The third-order valence-corrected chi connectivity index (χ3v) is 6.38. The van der Waals surface area contributed by atoms with Crippen molar-refractivity contribution < 1.29 is 4.79 Å². The van der Waals surface area contributed by atoms with Crippen LogP contribution in [0, 0.1) is 5.92 Å². The summed E-state index contributed by atoms with van der Waals surface area (Å²) in [4.78, 5) is 15.0. The van der Waals surface area contributed by atoms with Gasteiger partial charge in [0.05, 0.1) is 5.92 Å². The van der Waals surface area contributed by atoms with E-state index in [0.29, 0.717) is 0 Å². The molecule has 3 nitrogen and oxygen atoms in total. The van der Waals surface area contributed by atoms with Crippen molar-refractivity contribution >= 4 is 33.6 Å². The average Bonchev–Trinajstić information content (AvgIpc) is 2.81. The normalized spacial score (nSPS) is 26.5. The van der Waals surface area contributed by atoms with E-state index >= 15 is 0 Å². The number of hydrogen-bond donors (Lipinski definition) is 1. The van der Waals surface area contributed by atoms with Crippen molar-refractivity contribution in [1.29, 1.82) is 0 Å². The number of anilines is 1. The number of halogens is 1. The molecule has 2 aromatic carbocycles. The fraction of sp³-hybridized carbons (Fsp3) is 0.318. The lowest BCUT2D eigenvalue weighted by Gasteiger charge is -2.50. The van der Waals surface area contributed by atoms with Gasteiger partial charge in [-0.2, -0.15) is 0 Å². The summed E-state index contributed by atoms with van der Waals surface area (Å²) in [6, 6.07) is 16.7. The average molecular weight is 411 g/mol. The lowest BCUT2D eigenvalue weighted by atomic mass is 9.74. The van der Waals surface area contributed by atoms with E-state index in [4.69, 9.17) is 0 Å². The van der Waals surface area contributed by atoms with E-state index in [9.17, 15) is 4.79 Å². The number of nitrogens with one attached hydrogen (secondary N) is 1. The van der Waals surface area contributed by atoms with Crippen molar-refractivity contribution in [2.75, 3.05) is 11.4 Å². The molecule has 4 heteroatoms. The van der Waals surface area contributed by atoms with Crippen molar-refractivity contribution in [1.82, 2.24) is 5.32 Å². The van der Waals surface area contributed by atoms with Crippen LogP contribution in [0.25, 0.3) is 6.08 Å². The van der Waals surface area contributed by atoms with Gasteiger partial charge in [0.2, 0.25) is 5.91 Å². The first-order valence-electron chi connectivity index (χ1n) is 8.99. The number of nitrogens with zero attached hydrogens (tertiary/aromatic N) is 1. The summed E-state index contributed by atoms with van der Waals surface area (Å²) in [5.74, 6) is 0.0775. The number of para-hydroxylation sites is 1. The van der Waals surface area contributed by atoms with Crippen molar-refractivity contribution in [3.8, 4) is 0 Å². The van der Waals surface area contributed by atoms with Gasteiger partial charge >= 0.3 is 0 Å². The molecule has 0 bridgehead atoms. The van der Waals surface area contributed by atoms with Gasteiger partial charge in [0.25, 0.3) is 0 Å². The van der Waals surface area contributed by atoms with Crippen molar-refractivity contribution in [3.63, 3.8) is 0 Å². The lowest BCUT2D eigenvalue weighted by Crippen LogP contribution is -2.70. The molecule has 4 rings (SSSR count). The summed E-state index contributed by atoms with van der Waals surface area (Å²) >= 11 is 3.48. The second-order valence-corrected chi connectivity index (χ2v) is 8.71. The third kappa shape index (κ3) is 2.43. The largest absolute Gasteiger partial charge is 0.344 e. The van der Waals surface area contributed by atoms with E-state index in [1.165, 1.54) is 11.3 Å². The molecular formula is C22H23BrN2O. The van der Waals surface area contributed by atoms with Crippen LogP contribution in [0.2, 0.25) is 0 Å². The van der Waals surface area contributed by atoms with Gasteiger partial charge in [-0.05, 0) is 35.4 Å². The molecular weight excluding hydrogens is 388 g/mol. The van der Waals surface area contributed by atoms with Crippen LogP contribution in [-0.4, -0.2) is 18.1 Å². The van der Waals surface area contributed by atoms with Crippen molar-refractivity contribution in [2.45, 2.75) is 31.8 Å². The summed E-state index contributed by atoms with van der Waals surface area (Å²) in [7, 11) is 0. The number of amides is 1. The fourth-order valence-electron chi connectivity index (χ4n) is 4.23. The molecule has 1 N–H and O–H groups in total. The number of benzene rings is 2. The second-order valence-electron chi connectivity index (χ2n) is 7.79. The highest BCUT2D eigenvalue weighted by atomic mass is 79.9. The number of fused-ring (bicyclic) bond motifs is 3. The zero-order valence-corrected chi connectivity index (χ0v) is 16.9. The third-order valence-electron chi connectivity index (χ3n) is 5.85. The Hall–Kier alpha value is -2.07. The van der Waals surface area contributed by atoms with Gasteiger partial charge in [-0.25, -0.2) is 0 Å². The Morgan fingerprint density at radius 2 is 1.85 bits per heavy atom. The topological polar surface area (TPSA) is 32.3 Å². The zero-order chi connectivity index (χ0) is 18.5. The first kappa shape index (κ1) is 17.3. The minimum atomic E-state index is -0.562. The van der Waals surface area contributed by atoms with Gasteiger partial charge in [-0.15, -0.1) is 0 Å². The minimum Gasteiger partial charge on any atom is -0.344 e. The van der Waals surface area contributed by atoms with E-state index in [0.717, 1.165) is 16.6 Å². The Labute approximate surface area is 163 Å². The van der Waals surface area contributed by atoms with Gasteiger partial charge in [0.1, 0.15) is 5.66 Å². The molecule has 1 saturated heterocycles. The highest BCUT2D eigenvalue weighted by Gasteiger charge is 2.58. The van der Waals surface area contributed by atoms with E-state index in [1.807, 2.05) is 19.1 Å². The Balaban J connectivity index is 1.84. The molecule has 0 spiro atoms. The first-order valence-corrected chi connectivity index (χ1v) is 9.78. The monoisotopic (exact) mass is 410 g/mol. The summed E-state index contributed by atoms with van der Waals surface area (Å²) in [5, 5.41) is 3.35. The van der Waals surface area contributed by atoms with Crippen LogP contribution in [0.3, 0.4) is 0 Å². The highest BCUT2D eigenvalue weighted by Crippen LogP contribution is 2.52. The van der Waals surface area contributed by atoms with Gasteiger partial charge < -0.3 is 10.2 Å². The molecule has 134 valence electrons. The Morgan fingerprint density at radius 3 is 2.58 bits per heavy atom. The molecule has 2 aliphatic rings.